The van der Waals surface area contributed by atoms with Crippen LogP contribution in [0.5, 0.6) is 0 Å². The summed E-state index contributed by atoms with van der Waals surface area (Å²) >= 11 is 3.22. The molecule has 2 fully saturated rings. The quantitative estimate of drug-likeness (QED) is 0.0933. The van der Waals surface area contributed by atoms with Gasteiger partial charge >= 0.3 is 12.4 Å². The standard InChI is InChI=1S/C35H35BrF6N8O3/c1-19(51)30-24-12-21(23-15-43-20(2)44-16-23)4-6-25(24)49(47-30)18-29(52)50-26(13-33(3)14-27(33)50)32(53)46-31-22(5-7-28(36)45-31)17-48(10-8-34(37,38)39)11-9-35(40,41)42/h4-7,12,15-16,26-27H,8-11,13-14,17-18H2,1-3H3,(H,45,46,53)/t26-,27+,33-/m0/s1. The number of Topliss-reactive ketones (excluding diaryl/α,β-unsaturated/α-hetero) is 1. The first-order valence-corrected chi connectivity index (χ1v) is 17.5. The van der Waals surface area contributed by atoms with Crippen molar-refractivity contribution in [3.63, 3.8) is 0 Å². The van der Waals surface area contributed by atoms with Crippen LogP contribution in [-0.2, 0) is 22.7 Å². The van der Waals surface area contributed by atoms with Gasteiger partial charge in [0.15, 0.2) is 5.78 Å². The summed E-state index contributed by atoms with van der Waals surface area (Å²) in [7, 11) is 0. The third-order valence-electron chi connectivity index (χ3n) is 9.71. The Kier molecular flexibility index (Phi) is 10.4. The number of nitrogens with zero attached hydrogens (tertiary/aromatic N) is 7. The summed E-state index contributed by atoms with van der Waals surface area (Å²) < 4.78 is 79.9. The Morgan fingerprint density at radius 2 is 1.64 bits per heavy atom. The third kappa shape index (κ3) is 8.86. The van der Waals surface area contributed by atoms with Gasteiger partial charge in [-0.15, -0.1) is 0 Å². The second kappa shape index (κ2) is 14.4. The highest BCUT2D eigenvalue weighted by Crippen LogP contribution is 2.59. The number of fused-ring (bicyclic) bond motifs is 2. The average molecular weight is 810 g/mol. The van der Waals surface area contributed by atoms with Crippen LogP contribution in [0.15, 0.2) is 47.3 Å². The molecule has 3 aromatic heterocycles. The van der Waals surface area contributed by atoms with Crippen LogP contribution in [0.3, 0.4) is 0 Å². The number of rotatable bonds is 12. The van der Waals surface area contributed by atoms with Gasteiger partial charge in [-0.3, -0.25) is 24.0 Å². The summed E-state index contributed by atoms with van der Waals surface area (Å²) in [6, 6.07) is 7.08. The van der Waals surface area contributed by atoms with Gasteiger partial charge in [0.1, 0.15) is 34.5 Å². The fourth-order valence-corrected chi connectivity index (χ4v) is 7.14. The monoisotopic (exact) mass is 808 g/mol. The maximum atomic E-state index is 14.0. The number of hydrogen-bond acceptors (Lipinski definition) is 8. The fourth-order valence-electron chi connectivity index (χ4n) is 6.83. The molecule has 2 amide bonds. The lowest BCUT2D eigenvalue weighted by molar-refractivity contribution is -0.146. The second-order valence-corrected chi connectivity index (χ2v) is 14.7. The number of aryl methyl sites for hydroxylation is 1. The van der Waals surface area contributed by atoms with Gasteiger partial charge in [0.25, 0.3) is 0 Å². The number of pyridine rings is 1. The molecule has 18 heteroatoms. The minimum atomic E-state index is -4.59. The highest BCUT2D eigenvalue weighted by Gasteiger charge is 2.64. The zero-order chi connectivity index (χ0) is 38.5. The summed E-state index contributed by atoms with van der Waals surface area (Å²) in [5.74, 6) is -0.772. The summed E-state index contributed by atoms with van der Waals surface area (Å²) in [5.41, 5.74) is 2.05. The summed E-state index contributed by atoms with van der Waals surface area (Å²) in [5, 5.41) is 7.71. The van der Waals surface area contributed by atoms with Gasteiger partial charge in [-0.05, 0) is 64.9 Å². The summed E-state index contributed by atoms with van der Waals surface area (Å²) in [4.78, 5) is 55.9. The Hall–Kier alpha value is -4.45. The third-order valence-corrected chi connectivity index (χ3v) is 10.2. The number of hydrogen-bond donors (Lipinski definition) is 1. The average Bonchev–Trinajstić information content (AvgIpc) is 3.43. The van der Waals surface area contributed by atoms with Crippen molar-refractivity contribution < 1.29 is 40.7 Å². The number of ketones is 1. The van der Waals surface area contributed by atoms with Crippen LogP contribution in [0.1, 0.15) is 61.4 Å². The highest BCUT2D eigenvalue weighted by molar-refractivity contribution is 9.10. The van der Waals surface area contributed by atoms with Gasteiger partial charge in [0, 0.05) is 61.5 Å². The molecule has 11 nitrogen and oxygen atoms in total. The fraction of sp³-hybridized carbons (Fsp3) is 0.457. The van der Waals surface area contributed by atoms with Gasteiger partial charge in [-0.2, -0.15) is 31.4 Å². The van der Waals surface area contributed by atoms with Crippen molar-refractivity contribution in [2.24, 2.45) is 5.41 Å². The lowest BCUT2D eigenvalue weighted by atomic mass is 10.0. The SMILES string of the molecule is CC(=O)c1nn(CC(=O)N2[C@H](C(=O)Nc3nc(Br)ccc3CN(CCC(F)(F)F)CCC(F)(F)F)C[C@@]3(C)C[C@@H]23)c2ccc(-c3cnc(C)nc3)cc12. The minimum Gasteiger partial charge on any atom is -0.325 e. The van der Waals surface area contributed by atoms with Crippen molar-refractivity contribution in [2.45, 2.75) is 84.0 Å². The van der Waals surface area contributed by atoms with Crippen LogP contribution in [0.2, 0.25) is 0 Å². The Morgan fingerprint density at radius 1 is 0.981 bits per heavy atom. The molecule has 1 aliphatic heterocycles. The minimum absolute atomic E-state index is 0.0505. The van der Waals surface area contributed by atoms with E-state index in [1.54, 1.807) is 31.5 Å². The smallest absolute Gasteiger partial charge is 0.325 e. The number of anilines is 1. The van der Waals surface area contributed by atoms with Crippen LogP contribution in [0, 0.1) is 12.3 Å². The van der Waals surface area contributed by atoms with E-state index in [0.29, 0.717) is 29.6 Å². The van der Waals surface area contributed by atoms with E-state index in [4.69, 9.17) is 0 Å². The Morgan fingerprint density at radius 3 is 2.26 bits per heavy atom. The van der Waals surface area contributed by atoms with E-state index in [0.717, 1.165) is 16.0 Å². The van der Waals surface area contributed by atoms with Crippen LogP contribution in [0.25, 0.3) is 22.0 Å². The molecule has 1 saturated heterocycles. The molecule has 1 N–H and O–H groups in total. The number of benzene rings is 1. The predicted octanol–water partition coefficient (Wildman–Crippen LogP) is 6.89. The number of alkyl halides is 6. The first kappa shape index (κ1) is 38.3. The van der Waals surface area contributed by atoms with E-state index >= 15 is 0 Å². The Balaban J connectivity index is 1.23. The maximum Gasteiger partial charge on any atom is 0.390 e. The molecule has 2 aliphatic rings. The predicted molar refractivity (Wildman–Crippen MR) is 184 cm³/mol. The van der Waals surface area contributed by atoms with E-state index < -0.39 is 56.1 Å². The zero-order valence-electron chi connectivity index (χ0n) is 28.9. The number of likely N-dealkylation sites (tertiary alicyclic amines) is 1. The molecule has 282 valence electrons. The van der Waals surface area contributed by atoms with Crippen LogP contribution >= 0.6 is 15.9 Å². The molecule has 4 aromatic rings. The van der Waals surface area contributed by atoms with Crippen molar-refractivity contribution in [3.05, 3.63) is 64.4 Å². The van der Waals surface area contributed by atoms with Gasteiger partial charge in [-0.25, -0.2) is 15.0 Å². The van der Waals surface area contributed by atoms with Crippen molar-refractivity contribution in [3.8, 4) is 11.1 Å². The van der Waals surface area contributed by atoms with E-state index in [1.165, 1.54) is 28.6 Å². The second-order valence-electron chi connectivity index (χ2n) is 13.8. The van der Waals surface area contributed by atoms with E-state index in [2.05, 4.69) is 41.3 Å². The van der Waals surface area contributed by atoms with Crippen molar-refractivity contribution >= 4 is 50.2 Å². The number of piperidine rings is 1. The lowest BCUT2D eigenvalue weighted by Crippen LogP contribution is -2.47. The molecule has 0 unspecified atom stereocenters. The molecule has 53 heavy (non-hydrogen) atoms. The number of carbonyl (C=O) groups excluding carboxylic acids is 3. The number of carbonyl (C=O) groups is 3. The molecular weight excluding hydrogens is 774 g/mol. The van der Waals surface area contributed by atoms with Gasteiger partial charge in [0.2, 0.25) is 11.8 Å². The number of nitrogens with one attached hydrogen (secondary N) is 1. The largest absolute Gasteiger partial charge is 0.390 e. The van der Waals surface area contributed by atoms with Crippen LogP contribution < -0.4 is 5.32 Å². The van der Waals surface area contributed by atoms with Crippen molar-refractivity contribution in [2.75, 3.05) is 18.4 Å². The van der Waals surface area contributed by atoms with Gasteiger partial charge in [0.05, 0.1) is 18.4 Å². The highest BCUT2D eigenvalue weighted by atomic mass is 79.9. The Bertz CT molecular complexity index is 2040. The number of amides is 2. The van der Waals surface area contributed by atoms with E-state index in [1.807, 2.05) is 13.0 Å². The molecule has 1 aromatic carbocycles. The molecular formula is C35H35BrF6N8O3. The molecule has 3 atom stereocenters. The first-order valence-electron chi connectivity index (χ1n) is 16.7. The number of aromatic nitrogens is 5. The van der Waals surface area contributed by atoms with Crippen molar-refractivity contribution in [1.29, 1.82) is 0 Å². The van der Waals surface area contributed by atoms with E-state index in [-0.39, 0.29) is 52.0 Å². The first-order chi connectivity index (χ1) is 24.8. The topological polar surface area (TPSA) is 126 Å². The van der Waals surface area contributed by atoms with Crippen LogP contribution in [-0.4, -0.2) is 89.7 Å². The normalized spacial score (nSPS) is 19.9. The number of halogens is 7. The maximum absolute atomic E-state index is 14.0. The lowest BCUT2D eigenvalue weighted by Gasteiger charge is -2.28. The Labute approximate surface area is 308 Å². The molecule has 1 saturated carbocycles. The van der Waals surface area contributed by atoms with Gasteiger partial charge in [-0.1, -0.05) is 19.1 Å². The zero-order valence-corrected chi connectivity index (χ0v) is 30.4. The molecule has 4 heterocycles. The molecule has 1 aliphatic carbocycles. The molecule has 0 radical (unpaired) electrons. The summed E-state index contributed by atoms with van der Waals surface area (Å²) in [6.45, 7) is 3.09. The molecule has 6 rings (SSSR count). The van der Waals surface area contributed by atoms with E-state index in [9.17, 15) is 40.7 Å². The molecule has 0 bridgehead atoms. The van der Waals surface area contributed by atoms with Crippen LogP contribution in [0.4, 0.5) is 32.2 Å². The molecule has 0 spiro atoms. The summed E-state index contributed by atoms with van der Waals surface area (Å²) in [6.07, 6.45) is -7.50. The van der Waals surface area contributed by atoms with Crippen molar-refractivity contribution in [1.82, 2.24) is 34.5 Å². The van der Waals surface area contributed by atoms with Gasteiger partial charge < -0.3 is 10.2 Å².